The van der Waals surface area contributed by atoms with Crippen molar-refractivity contribution >= 4 is 12.4 Å². The van der Waals surface area contributed by atoms with Gasteiger partial charge in [0.2, 0.25) is 0 Å². The van der Waals surface area contributed by atoms with Crippen LogP contribution in [0, 0.1) is 0 Å². The molecule has 0 aliphatic carbocycles. The molecule has 2 N–H and O–H groups in total. The fourth-order valence-electron chi connectivity index (χ4n) is 0.686. The lowest BCUT2D eigenvalue weighted by atomic mass is 10.2. The fourth-order valence-corrected chi connectivity index (χ4v) is 0.686. The maximum absolute atomic E-state index is 10.9. The van der Waals surface area contributed by atoms with E-state index >= 15 is 0 Å². The van der Waals surface area contributed by atoms with Crippen LogP contribution in [0.3, 0.4) is 0 Å². The summed E-state index contributed by atoms with van der Waals surface area (Å²) in [6.07, 6.45) is 0. The van der Waals surface area contributed by atoms with Crippen molar-refractivity contribution in [3.05, 3.63) is 35.9 Å². The fraction of sp³-hybridized carbons (Fsp3) is 0. The van der Waals surface area contributed by atoms with Crippen molar-refractivity contribution in [3.8, 4) is 0 Å². The molecule has 0 heterocycles. The minimum atomic E-state index is -0.692. The monoisotopic (exact) mass is 200 g/mol. The molecule has 0 spiro atoms. The number of hydrogen-bond donors (Lipinski definition) is 2. The molecule has 0 aliphatic rings. The first-order valence-corrected chi connectivity index (χ1v) is 3.41. The Kier molecular flexibility index (Phi) is 6.66. The van der Waals surface area contributed by atoms with E-state index in [2.05, 4.69) is 9.78 Å². The Morgan fingerprint density at radius 1 is 1.21 bits per heavy atom. The van der Waals surface area contributed by atoms with Crippen molar-refractivity contribution in [1.29, 1.82) is 0 Å². The van der Waals surface area contributed by atoms with Crippen molar-refractivity contribution in [2.75, 3.05) is 0 Å². The van der Waals surface area contributed by atoms with Gasteiger partial charge in [-0.1, -0.05) is 18.2 Å². The third kappa shape index (κ3) is 4.19. The highest BCUT2D eigenvalue weighted by Gasteiger charge is 2.06. The third-order valence-corrected chi connectivity index (χ3v) is 1.17. The largest absolute Gasteiger partial charge is 0.386 e. The van der Waals surface area contributed by atoms with Gasteiger partial charge in [0.05, 0.1) is 5.56 Å². The molecule has 1 aromatic rings. The zero-order valence-corrected chi connectivity index (χ0v) is 6.99. The standard InChI is InChI=1S/C8H6O4.H2O2/c9-6-11-12-8(10)7-4-2-1-3-5-7;1-2/h1-6H;1-2H. The summed E-state index contributed by atoms with van der Waals surface area (Å²) in [6, 6.07) is 8.22. The summed E-state index contributed by atoms with van der Waals surface area (Å²) in [5, 5.41) is 12.0. The van der Waals surface area contributed by atoms with Crippen molar-refractivity contribution in [2.45, 2.75) is 0 Å². The molecule has 0 bridgehead atoms. The topological polar surface area (TPSA) is 93.1 Å². The molecule has 1 aromatic carbocycles. The molecule has 0 fully saturated rings. The van der Waals surface area contributed by atoms with Gasteiger partial charge in [-0.3, -0.25) is 20.2 Å². The lowest BCUT2D eigenvalue weighted by Gasteiger charge is -1.96. The van der Waals surface area contributed by atoms with Crippen LogP contribution in [0.2, 0.25) is 0 Å². The second kappa shape index (κ2) is 7.71. The summed E-state index contributed by atoms with van der Waals surface area (Å²) in [7, 11) is 0. The minimum absolute atomic E-state index is 0.0425. The van der Waals surface area contributed by atoms with Crippen LogP contribution in [-0.4, -0.2) is 23.0 Å². The van der Waals surface area contributed by atoms with Crippen molar-refractivity contribution in [3.63, 3.8) is 0 Å². The molecule has 1 rings (SSSR count). The third-order valence-electron chi connectivity index (χ3n) is 1.17. The maximum Gasteiger partial charge on any atom is 0.386 e. The zero-order valence-electron chi connectivity index (χ0n) is 6.99. The van der Waals surface area contributed by atoms with Crippen LogP contribution in [0.25, 0.3) is 0 Å². The maximum atomic E-state index is 10.9. The average Bonchev–Trinajstić information content (AvgIpc) is 2.30. The zero-order chi connectivity index (χ0) is 10.8. The summed E-state index contributed by atoms with van der Waals surface area (Å²) in [5.41, 5.74) is 0.333. The Morgan fingerprint density at radius 3 is 2.29 bits per heavy atom. The smallest absolute Gasteiger partial charge is 0.255 e. The molecule has 0 saturated heterocycles. The highest BCUT2D eigenvalue weighted by molar-refractivity contribution is 5.88. The molecule has 0 unspecified atom stereocenters. The summed E-state index contributed by atoms with van der Waals surface area (Å²) >= 11 is 0. The van der Waals surface area contributed by atoms with Gasteiger partial charge in [-0.15, -0.1) is 0 Å². The van der Waals surface area contributed by atoms with Crippen LogP contribution in [0.15, 0.2) is 30.3 Å². The molecule has 0 saturated carbocycles. The summed E-state index contributed by atoms with van der Waals surface area (Å²) < 4.78 is 0. The van der Waals surface area contributed by atoms with E-state index in [1.54, 1.807) is 30.3 Å². The normalized spacial score (nSPS) is 7.86. The predicted molar refractivity (Wildman–Crippen MR) is 44.3 cm³/mol. The Labute approximate surface area is 79.2 Å². The molecule has 0 radical (unpaired) electrons. The van der Waals surface area contributed by atoms with Crippen LogP contribution >= 0.6 is 0 Å². The second-order valence-electron chi connectivity index (χ2n) is 1.93. The lowest BCUT2D eigenvalue weighted by molar-refractivity contribution is -0.218. The summed E-state index contributed by atoms with van der Waals surface area (Å²) in [6.45, 7) is 0.0425. The number of rotatable bonds is 3. The first-order chi connectivity index (χ1) is 6.84. The average molecular weight is 200 g/mol. The van der Waals surface area contributed by atoms with E-state index in [9.17, 15) is 9.59 Å². The Balaban J connectivity index is 0.000000791. The Bertz CT molecular complexity index is 270. The summed E-state index contributed by atoms with van der Waals surface area (Å²) in [4.78, 5) is 28.4. The van der Waals surface area contributed by atoms with E-state index in [4.69, 9.17) is 10.5 Å². The number of hydrogen-bond acceptors (Lipinski definition) is 6. The molecule has 6 nitrogen and oxygen atoms in total. The van der Waals surface area contributed by atoms with E-state index in [1.807, 2.05) is 0 Å². The van der Waals surface area contributed by atoms with Crippen LogP contribution in [0.5, 0.6) is 0 Å². The number of carbonyl (C=O) groups is 2. The van der Waals surface area contributed by atoms with E-state index in [0.29, 0.717) is 5.56 Å². The van der Waals surface area contributed by atoms with Crippen LogP contribution in [0.4, 0.5) is 0 Å². The Hall–Kier alpha value is -1.92. The molecule has 76 valence electrons. The summed E-state index contributed by atoms with van der Waals surface area (Å²) in [5.74, 6) is -0.692. The SMILES string of the molecule is O=COOC(=O)c1ccccc1.OO. The Morgan fingerprint density at radius 2 is 1.79 bits per heavy atom. The molecular formula is C8H8O6. The molecule has 14 heavy (non-hydrogen) atoms. The molecule has 0 aromatic heterocycles. The highest BCUT2D eigenvalue weighted by atomic mass is 17.2. The van der Waals surface area contributed by atoms with Gasteiger partial charge in [-0.25, -0.2) is 9.68 Å². The van der Waals surface area contributed by atoms with Gasteiger partial charge in [-0.2, -0.15) is 0 Å². The van der Waals surface area contributed by atoms with Crippen LogP contribution in [-0.2, 0) is 14.6 Å². The number of carbonyl (C=O) groups excluding carboxylic acids is 2. The van der Waals surface area contributed by atoms with E-state index in [-0.39, 0.29) is 6.47 Å². The molecule has 0 atom stereocenters. The van der Waals surface area contributed by atoms with Crippen molar-refractivity contribution < 1.29 is 29.9 Å². The van der Waals surface area contributed by atoms with Crippen LogP contribution in [0.1, 0.15) is 10.4 Å². The second-order valence-corrected chi connectivity index (χ2v) is 1.93. The van der Waals surface area contributed by atoms with Gasteiger partial charge in [0, 0.05) is 0 Å². The number of benzene rings is 1. The van der Waals surface area contributed by atoms with E-state index in [0.717, 1.165) is 0 Å². The van der Waals surface area contributed by atoms with Gasteiger partial charge >= 0.3 is 12.4 Å². The van der Waals surface area contributed by atoms with Gasteiger partial charge < -0.3 is 0 Å². The van der Waals surface area contributed by atoms with Gasteiger partial charge in [0.25, 0.3) is 0 Å². The lowest BCUT2D eigenvalue weighted by Crippen LogP contribution is -2.04. The van der Waals surface area contributed by atoms with Gasteiger partial charge in [0.15, 0.2) is 0 Å². The van der Waals surface area contributed by atoms with E-state index < -0.39 is 5.97 Å². The minimum Gasteiger partial charge on any atom is -0.255 e. The highest BCUT2D eigenvalue weighted by Crippen LogP contribution is 2.00. The van der Waals surface area contributed by atoms with E-state index in [1.165, 1.54) is 0 Å². The first kappa shape index (κ1) is 12.1. The molecule has 0 aliphatic heterocycles. The van der Waals surface area contributed by atoms with Crippen molar-refractivity contribution in [1.82, 2.24) is 0 Å². The van der Waals surface area contributed by atoms with Crippen LogP contribution < -0.4 is 0 Å². The first-order valence-electron chi connectivity index (χ1n) is 3.41. The van der Waals surface area contributed by atoms with Gasteiger partial charge in [-0.05, 0) is 12.1 Å². The van der Waals surface area contributed by atoms with Crippen molar-refractivity contribution in [2.24, 2.45) is 0 Å². The molecular weight excluding hydrogens is 192 g/mol. The predicted octanol–water partition coefficient (Wildman–Crippen LogP) is 0.949. The van der Waals surface area contributed by atoms with Gasteiger partial charge in [0.1, 0.15) is 0 Å². The quantitative estimate of drug-likeness (QED) is 0.428. The molecule has 6 heteroatoms. The molecule has 0 amide bonds.